The molecule has 1 saturated carbocycles. The lowest BCUT2D eigenvalue weighted by atomic mass is 9.72. The van der Waals surface area contributed by atoms with E-state index in [-0.39, 0.29) is 44.0 Å². The predicted octanol–water partition coefficient (Wildman–Crippen LogP) is 3.16. The molecule has 1 aliphatic carbocycles. The highest BCUT2D eigenvalue weighted by Crippen LogP contribution is 2.44. The Balaban J connectivity index is 1.18. The lowest BCUT2D eigenvalue weighted by molar-refractivity contribution is -0.145. The number of methoxy groups -OCH3 is 1. The van der Waals surface area contributed by atoms with Gasteiger partial charge in [-0.05, 0) is 67.7 Å². The van der Waals surface area contributed by atoms with Crippen LogP contribution in [-0.4, -0.2) is 95.7 Å². The molecule has 2 heterocycles. The summed E-state index contributed by atoms with van der Waals surface area (Å²) in [7, 11) is 1.57. The van der Waals surface area contributed by atoms with Crippen molar-refractivity contribution in [1.82, 2.24) is 25.3 Å². The first kappa shape index (κ1) is 33.7. The summed E-state index contributed by atoms with van der Waals surface area (Å²) in [4.78, 5) is 44.7. The van der Waals surface area contributed by atoms with Crippen LogP contribution in [0.5, 0.6) is 5.75 Å². The van der Waals surface area contributed by atoms with Crippen LogP contribution < -0.4 is 21.1 Å². The van der Waals surface area contributed by atoms with E-state index in [1.165, 1.54) is 16.9 Å². The van der Waals surface area contributed by atoms with E-state index in [0.29, 0.717) is 24.1 Å². The van der Waals surface area contributed by atoms with Crippen LogP contribution in [0.3, 0.4) is 0 Å². The second-order valence-electron chi connectivity index (χ2n) is 13.2. The Hall–Kier alpha value is -3.67. The zero-order valence-corrected chi connectivity index (χ0v) is 27.2. The summed E-state index contributed by atoms with van der Waals surface area (Å²) in [6, 6.07) is 15.1. The third-order valence-electron chi connectivity index (χ3n) is 10.2. The molecule has 2 aromatic carbocycles. The Morgan fingerprint density at radius 1 is 1.04 bits per heavy atom. The van der Waals surface area contributed by atoms with Gasteiger partial charge in [-0.25, -0.2) is 4.79 Å². The molecule has 2 aliphatic heterocycles. The number of hydrogen-bond acceptors (Lipinski definition) is 7. The molecule has 5 rings (SSSR count). The second-order valence-corrected chi connectivity index (χ2v) is 13.2. The van der Waals surface area contributed by atoms with Gasteiger partial charge in [0.15, 0.2) is 0 Å². The Morgan fingerprint density at radius 3 is 2.48 bits per heavy atom. The molecular weight excluding hydrogens is 584 g/mol. The van der Waals surface area contributed by atoms with Crippen molar-refractivity contribution in [2.75, 3.05) is 39.8 Å². The molecule has 1 spiro atoms. The molecule has 250 valence electrons. The van der Waals surface area contributed by atoms with Gasteiger partial charge in [-0.2, -0.15) is 0 Å². The van der Waals surface area contributed by atoms with Gasteiger partial charge in [-0.1, -0.05) is 49.4 Å². The minimum atomic E-state index is -1.09. The van der Waals surface area contributed by atoms with Gasteiger partial charge in [0, 0.05) is 50.9 Å². The van der Waals surface area contributed by atoms with Crippen LogP contribution in [0.4, 0.5) is 4.79 Å². The van der Waals surface area contributed by atoms with Crippen molar-refractivity contribution >= 4 is 17.9 Å². The fraction of sp³-hybridized carbons (Fsp3) is 0.571. The SMILES string of the molecule is CC[C@@H](NC1CCC2(CC1)CCN(Cc1ccccc1)C2)C(=O)N1CCN(C(=O)O)C[C@H]1C(=O)NCc1ccc(CN)c(OC)c1. The van der Waals surface area contributed by atoms with Gasteiger partial charge in [0.1, 0.15) is 11.8 Å². The maximum atomic E-state index is 14.0. The average molecular weight is 635 g/mol. The van der Waals surface area contributed by atoms with Crippen molar-refractivity contribution in [3.05, 3.63) is 65.2 Å². The molecule has 46 heavy (non-hydrogen) atoms. The minimum absolute atomic E-state index is 0.0653. The van der Waals surface area contributed by atoms with Crippen LogP contribution in [0.25, 0.3) is 0 Å². The van der Waals surface area contributed by atoms with Crippen molar-refractivity contribution in [3.63, 3.8) is 0 Å². The number of carbonyl (C=O) groups excluding carboxylic acids is 2. The van der Waals surface area contributed by atoms with Crippen LogP contribution in [-0.2, 0) is 29.2 Å². The van der Waals surface area contributed by atoms with Gasteiger partial charge in [-0.3, -0.25) is 14.5 Å². The van der Waals surface area contributed by atoms with Crippen molar-refractivity contribution in [1.29, 1.82) is 0 Å². The molecule has 3 fully saturated rings. The third kappa shape index (κ3) is 8.00. The molecule has 11 heteroatoms. The Labute approximate surface area is 272 Å². The zero-order chi connectivity index (χ0) is 32.7. The quantitative estimate of drug-likeness (QED) is 0.296. The average Bonchev–Trinajstić information content (AvgIpc) is 3.47. The number of piperazine rings is 1. The van der Waals surface area contributed by atoms with E-state index in [0.717, 1.165) is 56.4 Å². The predicted molar refractivity (Wildman–Crippen MR) is 176 cm³/mol. The van der Waals surface area contributed by atoms with Gasteiger partial charge in [0.2, 0.25) is 11.8 Å². The smallest absolute Gasteiger partial charge is 0.407 e. The van der Waals surface area contributed by atoms with Crippen LogP contribution in [0.1, 0.15) is 62.1 Å². The minimum Gasteiger partial charge on any atom is -0.496 e. The normalized spacial score (nSPS) is 24.2. The van der Waals surface area contributed by atoms with E-state index in [1.807, 2.05) is 25.1 Å². The molecule has 11 nitrogen and oxygen atoms in total. The molecule has 0 aromatic heterocycles. The Morgan fingerprint density at radius 2 is 1.80 bits per heavy atom. The highest BCUT2D eigenvalue weighted by molar-refractivity contribution is 5.90. The first-order valence-corrected chi connectivity index (χ1v) is 16.7. The van der Waals surface area contributed by atoms with Crippen LogP contribution in [0.2, 0.25) is 0 Å². The summed E-state index contributed by atoms with van der Waals surface area (Å²) in [6.45, 7) is 6.06. The maximum absolute atomic E-state index is 14.0. The summed E-state index contributed by atoms with van der Waals surface area (Å²) >= 11 is 0. The second kappa shape index (κ2) is 15.3. The molecule has 0 radical (unpaired) electrons. The van der Waals surface area contributed by atoms with Crippen molar-refractivity contribution < 1.29 is 24.2 Å². The van der Waals surface area contributed by atoms with E-state index < -0.39 is 18.2 Å². The van der Waals surface area contributed by atoms with Crippen LogP contribution >= 0.6 is 0 Å². The number of nitrogens with zero attached hydrogens (tertiary/aromatic N) is 3. The molecule has 3 aliphatic rings. The largest absolute Gasteiger partial charge is 0.496 e. The summed E-state index contributed by atoms with van der Waals surface area (Å²) in [6.07, 6.45) is 5.03. The number of benzene rings is 2. The summed E-state index contributed by atoms with van der Waals surface area (Å²) in [5.74, 6) is 0.123. The lowest BCUT2D eigenvalue weighted by Gasteiger charge is -2.42. The van der Waals surface area contributed by atoms with E-state index in [9.17, 15) is 19.5 Å². The summed E-state index contributed by atoms with van der Waals surface area (Å²) < 4.78 is 5.42. The van der Waals surface area contributed by atoms with Gasteiger partial charge < -0.3 is 36.0 Å². The molecule has 0 bridgehead atoms. The van der Waals surface area contributed by atoms with Gasteiger partial charge in [-0.15, -0.1) is 0 Å². The number of nitrogens with two attached hydrogens (primary N) is 1. The van der Waals surface area contributed by atoms with Crippen molar-refractivity contribution in [2.45, 2.75) is 83.2 Å². The summed E-state index contributed by atoms with van der Waals surface area (Å²) in [5.41, 5.74) is 9.17. The number of rotatable bonds is 11. The fourth-order valence-electron chi connectivity index (χ4n) is 7.48. The first-order chi connectivity index (χ1) is 22.2. The first-order valence-electron chi connectivity index (χ1n) is 16.7. The van der Waals surface area contributed by atoms with E-state index in [4.69, 9.17) is 10.5 Å². The van der Waals surface area contributed by atoms with Crippen LogP contribution in [0.15, 0.2) is 48.5 Å². The van der Waals surface area contributed by atoms with Gasteiger partial charge in [0.25, 0.3) is 0 Å². The third-order valence-corrected chi connectivity index (χ3v) is 10.2. The summed E-state index contributed by atoms with van der Waals surface area (Å²) in [5, 5.41) is 16.2. The molecule has 2 aromatic rings. The van der Waals surface area contributed by atoms with Crippen LogP contribution in [0, 0.1) is 5.41 Å². The van der Waals surface area contributed by atoms with E-state index in [2.05, 4.69) is 45.9 Å². The highest BCUT2D eigenvalue weighted by atomic mass is 16.5. The Kier molecular flexibility index (Phi) is 11.2. The molecule has 5 N–H and O–H groups in total. The number of ether oxygens (including phenoxy) is 1. The lowest BCUT2D eigenvalue weighted by Crippen LogP contribution is -2.64. The topological polar surface area (TPSA) is 140 Å². The number of hydrogen-bond donors (Lipinski definition) is 4. The molecule has 2 saturated heterocycles. The number of likely N-dealkylation sites (tertiary alicyclic amines) is 1. The Bertz CT molecular complexity index is 1350. The molecule has 3 amide bonds. The van der Waals surface area contributed by atoms with Crippen molar-refractivity contribution in [3.8, 4) is 5.75 Å². The highest BCUT2D eigenvalue weighted by Gasteiger charge is 2.43. The van der Waals surface area contributed by atoms with E-state index in [1.54, 1.807) is 12.0 Å². The number of carboxylic acid groups (broad SMARTS) is 1. The molecule has 2 atom stereocenters. The van der Waals surface area contributed by atoms with Gasteiger partial charge >= 0.3 is 6.09 Å². The standard InChI is InChI=1S/C35H50N6O5/c1-3-29(38-28-11-13-35(14-12-28)15-16-39(24-35)22-25-7-5-4-6-8-25)33(43)41-18-17-40(34(44)45)23-30(41)32(42)37-21-26-9-10-27(20-36)31(19-26)46-2/h4-10,19,28-30,38H,3,11-18,20-24,36H2,1-2H3,(H,37,42)(H,44,45)/t28?,29-,30+,35?/m1/s1. The maximum Gasteiger partial charge on any atom is 0.407 e. The zero-order valence-electron chi connectivity index (χ0n) is 27.2. The molecule has 0 unspecified atom stereocenters. The van der Waals surface area contributed by atoms with E-state index >= 15 is 0 Å². The fourth-order valence-corrected chi connectivity index (χ4v) is 7.48. The molecular formula is C35H50N6O5. The van der Waals surface area contributed by atoms with Crippen molar-refractivity contribution in [2.24, 2.45) is 11.1 Å². The number of amides is 3. The van der Waals surface area contributed by atoms with Gasteiger partial charge in [0.05, 0.1) is 19.7 Å². The number of carbonyl (C=O) groups is 3. The monoisotopic (exact) mass is 634 g/mol. The number of nitrogens with one attached hydrogen (secondary N) is 2.